The number of benzene rings is 3. The fraction of sp³-hybridized carbons (Fsp3) is 0.273. The molecule has 8 rings (SSSR count). The molecule has 0 saturated heterocycles. The van der Waals surface area contributed by atoms with Crippen molar-refractivity contribution >= 4 is 62.6 Å². The first-order valence-corrected chi connectivity index (χ1v) is 19.5. The predicted molar refractivity (Wildman–Crippen MR) is 224 cm³/mol. The lowest BCUT2D eigenvalue weighted by Gasteiger charge is -2.35. The van der Waals surface area contributed by atoms with Gasteiger partial charge in [-0.2, -0.15) is 5.10 Å². The SMILES string of the molecule is Cc1cc(OCCCc2c3n(c4c(-c5c(C)nn(C)c5C)c(Cl)ccc24)[C@H](C)CN(c2cc(Oc4ccccn4)cc4cc(C(=O)O)n(C)c24)C3=O)cc(C)c1Cl. The first kappa shape index (κ1) is 38.1. The summed E-state index contributed by atoms with van der Waals surface area (Å²) in [5.74, 6) is 0.233. The molecule has 292 valence electrons. The number of halogens is 2. The van der Waals surface area contributed by atoms with Crippen LogP contribution in [0.5, 0.6) is 17.4 Å². The summed E-state index contributed by atoms with van der Waals surface area (Å²) in [5.41, 5.74) is 8.97. The van der Waals surface area contributed by atoms with Crippen LogP contribution in [0.4, 0.5) is 5.69 Å². The molecule has 1 aliphatic heterocycles. The zero-order valence-corrected chi connectivity index (χ0v) is 34.3. The predicted octanol–water partition coefficient (Wildman–Crippen LogP) is 10.2. The molecule has 0 bridgehead atoms. The van der Waals surface area contributed by atoms with Gasteiger partial charge in [-0.15, -0.1) is 0 Å². The standard InChI is InChI=1S/C44H42Cl2N6O5/c1-23-17-29(18-24(2)39(23)46)56-16-10-11-31-32-13-14-33(45)38(37-26(4)48-50(7)27(37)5)41(32)52-25(3)22-51(43(53)42(31)52)34-21-30(57-36-12-8-9-15-47-36)19-28-20-35(44(54)55)49(6)40(28)34/h8-9,12-15,17-21,25H,10-11,16,22H2,1-7H3,(H,54,55)/t25-/m1/s1. The van der Waals surface area contributed by atoms with Crippen molar-refractivity contribution in [2.75, 3.05) is 18.1 Å². The van der Waals surface area contributed by atoms with E-state index in [0.717, 1.165) is 60.9 Å². The highest BCUT2D eigenvalue weighted by atomic mass is 35.5. The van der Waals surface area contributed by atoms with Crippen molar-refractivity contribution in [2.45, 2.75) is 53.5 Å². The molecule has 7 aromatic rings. The van der Waals surface area contributed by atoms with Gasteiger partial charge in [0.15, 0.2) is 0 Å². The molecular weight excluding hydrogens is 763 g/mol. The fourth-order valence-electron chi connectivity index (χ4n) is 8.39. The zero-order valence-electron chi connectivity index (χ0n) is 32.8. The summed E-state index contributed by atoms with van der Waals surface area (Å²) in [6, 6.07) is 18.1. The molecule has 1 amide bonds. The number of aryl methyl sites for hydroxylation is 6. The van der Waals surface area contributed by atoms with Gasteiger partial charge in [-0.3, -0.25) is 9.48 Å². The van der Waals surface area contributed by atoms with E-state index in [4.69, 9.17) is 37.8 Å². The van der Waals surface area contributed by atoms with Gasteiger partial charge in [-0.05, 0) is 101 Å². The number of ether oxygens (including phenoxy) is 2. The maximum Gasteiger partial charge on any atom is 0.352 e. The van der Waals surface area contributed by atoms with Crippen LogP contribution in [-0.2, 0) is 20.5 Å². The molecule has 0 aliphatic carbocycles. The molecule has 1 aliphatic rings. The van der Waals surface area contributed by atoms with Crippen LogP contribution >= 0.6 is 23.2 Å². The van der Waals surface area contributed by atoms with Gasteiger partial charge in [0.05, 0.1) is 34.0 Å². The van der Waals surface area contributed by atoms with Crippen LogP contribution in [-0.4, -0.2) is 54.0 Å². The van der Waals surface area contributed by atoms with E-state index >= 15 is 4.79 Å². The molecule has 4 aromatic heterocycles. The first-order valence-electron chi connectivity index (χ1n) is 18.8. The van der Waals surface area contributed by atoms with Crippen LogP contribution in [0.15, 0.2) is 66.9 Å². The molecule has 0 spiro atoms. The van der Waals surface area contributed by atoms with Crippen LogP contribution in [0.25, 0.3) is 32.9 Å². The third kappa shape index (κ3) is 6.48. The lowest BCUT2D eigenvalue weighted by molar-refractivity contribution is 0.0687. The highest BCUT2D eigenvalue weighted by Crippen LogP contribution is 2.46. The summed E-state index contributed by atoms with van der Waals surface area (Å²) < 4.78 is 18.1. The monoisotopic (exact) mass is 804 g/mol. The molecule has 11 nitrogen and oxygen atoms in total. The molecule has 1 atom stereocenters. The smallest absolute Gasteiger partial charge is 0.352 e. The number of fused-ring (bicyclic) bond motifs is 4. The molecule has 13 heteroatoms. The number of hydrogen-bond donors (Lipinski definition) is 1. The lowest BCUT2D eigenvalue weighted by atomic mass is 9.98. The van der Waals surface area contributed by atoms with Crippen LogP contribution in [0.3, 0.4) is 0 Å². The number of carbonyl (C=O) groups is 2. The number of carboxylic acids is 1. The summed E-state index contributed by atoms with van der Waals surface area (Å²) in [6.45, 7) is 10.7. The average Bonchev–Trinajstić information content (AvgIpc) is 3.78. The second-order valence-electron chi connectivity index (χ2n) is 14.8. The van der Waals surface area contributed by atoms with Crippen molar-refractivity contribution in [1.82, 2.24) is 23.9 Å². The van der Waals surface area contributed by atoms with Gasteiger partial charge in [-0.25, -0.2) is 9.78 Å². The number of amides is 1. The van der Waals surface area contributed by atoms with Crippen molar-refractivity contribution in [3.05, 3.63) is 116 Å². The second-order valence-corrected chi connectivity index (χ2v) is 15.6. The number of aromatic carboxylic acids is 1. The molecule has 0 unspecified atom stereocenters. The van der Waals surface area contributed by atoms with E-state index in [9.17, 15) is 9.90 Å². The van der Waals surface area contributed by atoms with E-state index in [1.54, 1.807) is 53.0 Å². The molecule has 0 saturated carbocycles. The zero-order chi connectivity index (χ0) is 40.4. The number of hydrogen-bond acceptors (Lipinski definition) is 6. The minimum Gasteiger partial charge on any atom is -0.494 e. The van der Waals surface area contributed by atoms with E-state index in [1.807, 2.05) is 69.8 Å². The van der Waals surface area contributed by atoms with Crippen LogP contribution < -0.4 is 14.4 Å². The van der Waals surface area contributed by atoms with Gasteiger partial charge < -0.3 is 28.6 Å². The fourth-order valence-corrected chi connectivity index (χ4v) is 8.75. The second kappa shape index (κ2) is 14.6. The largest absolute Gasteiger partial charge is 0.494 e. The molecule has 3 aromatic carbocycles. The number of rotatable bonds is 10. The normalized spacial score (nSPS) is 14.2. The summed E-state index contributed by atoms with van der Waals surface area (Å²) in [7, 11) is 3.61. The molecule has 1 N–H and O–H groups in total. The van der Waals surface area contributed by atoms with Crippen LogP contribution in [0.2, 0.25) is 10.0 Å². The average molecular weight is 806 g/mol. The van der Waals surface area contributed by atoms with Crippen LogP contribution in [0, 0.1) is 27.7 Å². The Labute approximate surface area is 340 Å². The number of pyridine rings is 1. The maximum atomic E-state index is 15.4. The van der Waals surface area contributed by atoms with E-state index in [0.29, 0.717) is 64.9 Å². The van der Waals surface area contributed by atoms with Gasteiger partial charge in [0.1, 0.15) is 22.9 Å². The number of nitrogens with zero attached hydrogens (tertiary/aromatic N) is 6. The number of aromatic nitrogens is 5. The molecule has 5 heterocycles. The highest BCUT2D eigenvalue weighted by molar-refractivity contribution is 6.35. The number of anilines is 1. The Kier molecular flexibility index (Phi) is 9.78. The summed E-state index contributed by atoms with van der Waals surface area (Å²) >= 11 is 13.6. The number of carbonyl (C=O) groups excluding carboxylic acids is 1. The van der Waals surface area contributed by atoms with Gasteiger partial charge >= 0.3 is 5.97 Å². The Morgan fingerprint density at radius 2 is 1.70 bits per heavy atom. The number of carboxylic acid groups (broad SMARTS) is 1. The Bertz CT molecular complexity index is 2740. The third-order valence-electron chi connectivity index (χ3n) is 11.0. The van der Waals surface area contributed by atoms with Crippen molar-refractivity contribution in [1.29, 1.82) is 0 Å². The van der Waals surface area contributed by atoms with Crippen molar-refractivity contribution in [2.24, 2.45) is 14.1 Å². The highest BCUT2D eigenvalue weighted by Gasteiger charge is 2.38. The first-order chi connectivity index (χ1) is 27.2. The maximum absolute atomic E-state index is 15.4. The Hall–Kier alpha value is -5.78. The Morgan fingerprint density at radius 1 is 0.947 bits per heavy atom. The summed E-state index contributed by atoms with van der Waals surface area (Å²) in [6.07, 6.45) is 2.79. The lowest BCUT2D eigenvalue weighted by Crippen LogP contribution is -2.43. The van der Waals surface area contributed by atoms with Gasteiger partial charge in [0.2, 0.25) is 5.88 Å². The van der Waals surface area contributed by atoms with Crippen LogP contribution in [0.1, 0.15) is 68.4 Å². The molecule has 57 heavy (non-hydrogen) atoms. The van der Waals surface area contributed by atoms with E-state index < -0.39 is 5.97 Å². The minimum atomic E-state index is -1.08. The van der Waals surface area contributed by atoms with Gasteiger partial charge in [-0.1, -0.05) is 35.3 Å². The quantitative estimate of drug-likeness (QED) is 0.137. The Morgan fingerprint density at radius 3 is 2.37 bits per heavy atom. The van der Waals surface area contributed by atoms with Gasteiger partial charge in [0, 0.05) is 77.6 Å². The third-order valence-corrected chi connectivity index (χ3v) is 11.9. The van der Waals surface area contributed by atoms with Crippen molar-refractivity contribution in [3.63, 3.8) is 0 Å². The minimum absolute atomic E-state index is 0.0844. The van der Waals surface area contributed by atoms with Gasteiger partial charge in [0.25, 0.3) is 5.91 Å². The van der Waals surface area contributed by atoms with E-state index in [1.165, 1.54) is 0 Å². The molecule has 0 fully saturated rings. The topological polar surface area (TPSA) is 117 Å². The van der Waals surface area contributed by atoms with E-state index in [2.05, 4.69) is 16.5 Å². The Balaban J connectivity index is 1.29. The molecular formula is C44H42Cl2N6O5. The summed E-state index contributed by atoms with van der Waals surface area (Å²) in [4.78, 5) is 33.8. The van der Waals surface area contributed by atoms with E-state index in [-0.39, 0.29) is 17.6 Å². The van der Waals surface area contributed by atoms with Crippen molar-refractivity contribution < 1.29 is 24.2 Å². The summed E-state index contributed by atoms with van der Waals surface area (Å²) in [5, 5.41) is 17.7. The van der Waals surface area contributed by atoms with Crippen molar-refractivity contribution in [3.8, 4) is 28.5 Å². The molecule has 0 radical (unpaired) electrons.